The van der Waals surface area contributed by atoms with Gasteiger partial charge in [0.15, 0.2) is 0 Å². The number of furan rings is 1. The van der Waals surface area contributed by atoms with Crippen LogP contribution in [-0.2, 0) is 6.54 Å². The van der Waals surface area contributed by atoms with Crippen LogP contribution in [0, 0.1) is 0 Å². The molecule has 90 valence electrons. The predicted octanol–water partition coefficient (Wildman–Crippen LogP) is 2.37. The lowest BCUT2D eigenvalue weighted by Gasteiger charge is -2.26. The molecule has 1 aromatic heterocycles. The summed E-state index contributed by atoms with van der Waals surface area (Å²) in [4.78, 5) is 2.49. The third-order valence-electron chi connectivity index (χ3n) is 3.05. The van der Waals surface area contributed by atoms with Crippen LogP contribution in [0.5, 0.6) is 0 Å². The van der Waals surface area contributed by atoms with Crippen molar-refractivity contribution in [2.24, 2.45) is 5.73 Å². The second-order valence-electron chi connectivity index (χ2n) is 5.52. The quantitative estimate of drug-likeness (QED) is 0.803. The zero-order chi connectivity index (χ0) is 11.6. The van der Waals surface area contributed by atoms with Crippen molar-refractivity contribution in [1.82, 2.24) is 4.90 Å². The first-order valence-corrected chi connectivity index (χ1v) is 6.10. The molecule has 0 radical (unpaired) electrons. The predicted molar refractivity (Wildman–Crippen MR) is 65.0 cm³/mol. The fraction of sp³-hybridized carbons (Fsp3) is 0.692. The number of nitrogens with two attached hydrogens (primary N) is 1. The molecule has 1 aliphatic carbocycles. The SMILES string of the molecule is CC(C)(N)CCN(Cc1ccco1)C1CC1. The van der Waals surface area contributed by atoms with E-state index in [1.54, 1.807) is 6.26 Å². The maximum Gasteiger partial charge on any atom is 0.117 e. The minimum absolute atomic E-state index is 0.0731. The van der Waals surface area contributed by atoms with Gasteiger partial charge in [-0.1, -0.05) is 0 Å². The van der Waals surface area contributed by atoms with Crippen molar-refractivity contribution < 1.29 is 4.42 Å². The number of nitrogens with zero attached hydrogens (tertiary/aromatic N) is 1. The van der Waals surface area contributed by atoms with E-state index < -0.39 is 0 Å². The molecule has 0 bridgehead atoms. The lowest BCUT2D eigenvalue weighted by molar-refractivity contribution is 0.214. The van der Waals surface area contributed by atoms with Crippen molar-refractivity contribution in [3.8, 4) is 0 Å². The molecule has 0 atom stereocenters. The molecular weight excluding hydrogens is 200 g/mol. The summed E-state index contributed by atoms with van der Waals surface area (Å²) in [5.41, 5.74) is 5.95. The van der Waals surface area contributed by atoms with Gasteiger partial charge in [0.25, 0.3) is 0 Å². The molecule has 1 aromatic rings. The van der Waals surface area contributed by atoms with Crippen molar-refractivity contribution in [1.29, 1.82) is 0 Å². The molecule has 0 spiro atoms. The van der Waals surface area contributed by atoms with Crippen molar-refractivity contribution in [3.05, 3.63) is 24.2 Å². The molecule has 2 rings (SSSR count). The number of hydrogen-bond acceptors (Lipinski definition) is 3. The van der Waals surface area contributed by atoms with Gasteiger partial charge >= 0.3 is 0 Å². The summed E-state index contributed by atoms with van der Waals surface area (Å²) in [6.45, 7) is 6.17. The highest BCUT2D eigenvalue weighted by Crippen LogP contribution is 2.29. The van der Waals surface area contributed by atoms with Gasteiger partial charge in [-0.3, -0.25) is 4.90 Å². The summed E-state index contributed by atoms with van der Waals surface area (Å²) in [6, 6.07) is 4.75. The third kappa shape index (κ3) is 3.65. The summed E-state index contributed by atoms with van der Waals surface area (Å²) in [7, 11) is 0. The molecule has 1 heterocycles. The van der Waals surface area contributed by atoms with E-state index in [0.29, 0.717) is 0 Å². The zero-order valence-electron chi connectivity index (χ0n) is 10.3. The van der Waals surface area contributed by atoms with Gasteiger partial charge in [0.05, 0.1) is 12.8 Å². The average molecular weight is 222 g/mol. The zero-order valence-corrected chi connectivity index (χ0v) is 10.3. The van der Waals surface area contributed by atoms with Gasteiger partial charge in [-0.2, -0.15) is 0 Å². The van der Waals surface area contributed by atoms with Crippen molar-refractivity contribution in [3.63, 3.8) is 0 Å². The Labute approximate surface area is 97.6 Å². The van der Waals surface area contributed by atoms with Gasteiger partial charge in [-0.25, -0.2) is 0 Å². The summed E-state index contributed by atoms with van der Waals surface area (Å²) >= 11 is 0. The van der Waals surface area contributed by atoms with E-state index in [1.165, 1.54) is 12.8 Å². The first-order valence-electron chi connectivity index (χ1n) is 6.10. The fourth-order valence-electron chi connectivity index (χ4n) is 1.86. The van der Waals surface area contributed by atoms with E-state index >= 15 is 0 Å². The molecule has 0 amide bonds. The minimum atomic E-state index is -0.0731. The second kappa shape index (κ2) is 4.60. The Morgan fingerprint density at radius 1 is 1.50 bits per heavy atom. The monoisotopic (exact) mass is 222 g/mol. The fourth-order valence-corrected chi connectivity index (χ4v) is 1.86. The molecule has 3 heteroatoms. The third-order valence-corrected chi connectivity index (χ3v) is 3.05. The van der Waals surface area contributed by atoms with E-state index in [-0.39, 0.29) is 5.54 Å². The van der Waals surface area contributed by atoms with Gasteiger partial charge < -0.3 is 10.2 Å². The van der Waals surface area contributed by atoms with E-state index in [2.05, 4.69) is 18.7 Å². The van der Waals surface area contributed by atoms with Crippen LogP contribution in [0.15, 0.2) is 22.8 Å². The lowest BCUT2D eigenvalue weighted by Crippen LogP contribution is -2.38. The number of hydrogen-bond donors (Lipinski definition) is 1. The Hall–Kier alpha value is -0.800. The van der Waals surface area contributed by atoms with E-state index in [1.807, 2.05) is 12.1 Å². The Balaban J connectivity index is 1.85. The Morgan fingerprint density at radius 3 is 2.75 bits per heavy atom. The first kappa shape index (κ1) is 11.7. The Bertz CT molecular complexity index is 309. The van der Waals surface area contributed by atoms with Crippen LogP contribution < -0.4 is 5.73 Å². The van der Waals surface area contributed by atoms with Gasteiger partial charge in [-0.15, -0.1) is 0 Å². The summed E-state index contributed by atoms with van der Waals surface area (Å²) in [5.74, 6) is 1.06. The molecule has 0 saturated heterocycles. The largest absolute Gasteiger partial charge is 0.468 e. The molecule has 0 unspecified atom stereocenters. The van der Waals surface area contributed by atoms with Crippen molar-refractivity contribution in [2.45, 2.75) is 51.2 Å². The normalized spacial score (nSPS) is 17.0. The van der Waals surface area contributed by atoms with E-state index in [0.717, 1.165) is 31.3 Å². The maximum absolute atomic E-state index is 6.03. The topological polar surface area (TPSA) is 42.4 Å². The van der Waals surface area contributed by atoms with Gasteiger partial charge in [0, 0.05) is 18.1 Å². The highest BCUT2D eigenvalue weighted by molar-refractivity contribution is 5.00. The highest BCUT2D eigenvalue weighted by atomic mass is 16.3. The molecule has 3 nitrogen and oxygen atoms in total. The van der Waals surface area contributed by atoms with Crippen molar-refractivity contribution in [2.75, 3.05) is 6.54 Å². The van der Waals surface area contributed by atoms with Crippen LogP contribution in [0.2, 0.25) is 0 Å². The molecule has 1 fully saturated rings. The lowest BCUT2D eigenvalue weighted by atomic mass is 10.0. The molecule has 2 N–H and O–H groups in total. The number of rotatable bonds is 6. The van der Waals surface area contributed by atoms with Crippen LogP contribution in [0.4, 0.5) is 0 Å². The van der Waals surface area contributed by atoms with Crippen LogP contribution in [0.1, 0.15) is 38.9 Å². The molecular formula is C13H22N2O. The molecule has 0 aliphatic heterocycles. The van der Waals surface area contributed by atoms with Gasteiger partial charge in [-0.05, 0) is 45.2 Å². The van der Waals surface area contributed by atoms with Gasteiger partial charge in [0.2, 0.25) is 0 Å². The summed E-state index contributed by atoms with van der Waals surface area (Å²) in [6.07, 6.45) is 5.43. The summed E-state index contributed by atoms with van der Waals surface area (Å²) in [5, 5.41) is 0. The van der Waals surface area contributed by atoms with Crippen molar-refractivity contribution >= 4 is 0 Å². The molecule has 1 saturated carbocycles. The highest BCUT2D eigenvalue weighted by Gasteiger charge is 2.30. The first-order chi connectivity index (χ1) is 7.54. The second-order valence-corrected chi connectivity index (χ2v) is 5.52. The van der Waals surface area contributed by atoms with E-state index in [4.69, 9.17) is 10.2 Å². The smallest absolute Gasteiger partial charge is 0.117 e. The summed E-state index contributed by atoms with van der Waals surface area (Å²) < 4.78 is 5.40. The van der Waals surface area contributed by atoms with Crippen LogP contribution in [0.3, 0.4) is 0 Å². The van der Waals surface area contributed by atoms with E-state index in [9.17, 15) is 0 Å². The van der Waals surface area contributed by atoms with Crippen LogP contribution in [-0.4, -0.2) is 23.0 Å². The average Bonchev–Trinajstić information content (AvgIpc) is 2.90. The molecule has 0 aromatic carbocycles. The van der Waals surface area contributed by atoms with Gasteiger partial charge in [0.1, 0.15) is 5.76 Å². The Kier molecular flexibility index (Phi) is 3.36. The van der Waals surface area contributed by atoms with Crippen LogP contribution in [0.25, 0.3) is 0 Å². The molecule has 16 heavy (non-hydrogen) atoms. The van der Waals surface area contributed by atoms with Crippen LogP contribution >= 0.6 is 0 Å². The Morgan fingerprint density at radius 2 is 2.25 bits per heavy atom. The standard InChI is InChI=1S/C13H22N2O/c1-13(2,14)7-8-15(11-5-6-11)10-12-4-3-9-16-12/h3-4,9,11H,5-8,10,14H2,1-2H3. The maximum atomic E-state index is 6.03. The molecule has 1 aliphatic rings. The minimum Gasteiger partial charge on any atom is -0.468 e.